The summed E-state index contributed by atoms with van der Waals surface area (Å²) in [5.41, 5.74) is 4.26. The number of amides is 1. The minimum absolute atomic E-state index is 0.0416. The quantitative estimate of drug-likeness (QED) is 0.728. The van der Waals surface area contributed by atoms with Crippen molar-refractivity contribution in [3.63, 3.8) is 0 Å². The van der Waals surface area contributed by atoms with Gasteiger partial charge in [0, 0.05) is 12.2 Å². The zero-order valence-corrected chi connectivity index (χ0v) is 14.1. The number of aromatic nitrogens is 2. The van der Waals surface area contributed by atoms with E-state index in [1.54, 1.807) is 6.20 Å². The van der Waals surface area contributed by atoms with Crippen molar-refractivity contribution < 1.29 is 9.90 Å². The van der Waals surface area contributed by atoms with Gasteiger partial charge >= 0.3 is 0 Å². The molecule has 5 nitrogen and oxygen atoms in total. The maximum Gasteiger partial charge on any atom is 0.255 e. The summed E-state index contributed by atoms with van der Waals surface area (Å²) in [6.07, 6.45) is 1.60. The number of benzene rings is 2. The first-order valence-corrected chi connectivity index (χ1v) is 8.21. The van der Waals surface area contributed by atoms with Crippen LogP contribution in [0.1, 0.15) is 32.7 Å². The number of hydrogen-bond donors (Lipinski definition) is 2. The van der Waals surface area contributed by atoms with Crippen molar-refractivity contribution >= 4 is 5.91 Å². The monoisotopic (exact) mass is 335 g/mol. The summed E-state index contributed by atoms with van der Waals surface area (Å²) in [7, 11) is 0. The topological polar surface area (TPSA) is 67.2 Å². The lowest BCUT2D eigenvalue weighted by Gasteiger charge is -2.09. The summed E-state index contributed by atoms with van der Waals surface area (Å²) in [6.45, 7) is 2.86. The van der Waals surface area contributed by atoms with Gasteiger partial charge in [0.2, 0.25) is 0 Å². The molecule has 0 atom stereocenters. The fourth-order valence-electron chi connectivity index (χ4n) is 2.74. The van der Waals surface area contributed by atoms with Gasteiger partial charge in [0.1, 0.15) is 0 Å². The molecule has 5 heteroatoms. The molecule has 0 fully saturated rings. The van der Waals surface area contributed by atoms with E-state index in [2.05, 4.69) is 10.4 Å². The van der Waals surface area contributed by atoms with E-state index < -0.39 is 0 Å². The lowest BCUT2D eigenvalue weighted by molar-refractivity contribution is 0.0950. The number of carbonyl (C=O) groups excluding carboxylic acids is 1. The van der Waals surface area contributed by atoms with Crippen molar-refractivity contribution in [2.45, 2.75) is 26.6 Å². The van der Waals surface area contributed by atoms with Gasteiger partial charge in [-0.1, -0.05) is 54.6 Å². The second-order valence-electron chi connectivity index (χ2n) is 5.90. The predicted molar refractivity (Wildman–Crippen MR) is 96.0 cm³/mol. The van der Waals surface area contributed by atoms with Gasteiger partial charge in [-0.15, -0.1) is 0 Å². The van der Waals surface area contributed by atoms with E-state index >= 15 is 0 Å². The lowest BCUT2D eigenvalue weighted by atomic mass is 10.1. The van der Waals surface area contributed by atoms with Gasteiger partial charge in [0.15, 0.2) is 0 Å². The third kappa shape index (κ3) is 3.95. The van der Waals surface area contributed by atoms with E-state index in [1.165, 1.54) is 0 Å². The van der Waals surface area contributed by atoms with Crippen molar-refractivity contribution in [3.05, 3.63) is 88.7 Å². The smallest absolute Gasteiger partial charge is 0.255 e. The standard InChI is InChI=1S/C20H21N3O2/c1-15-19(12-22-23(15)13-16-7-3-2-4-8-16)20(25)21-11-17-9-5-6-10-18(17)14-24/h2-10,12,24H,11,13-14H2,1H3,(H,21,25). The van der Waals surface area contributed by atoms with Gasteiger partial charge in [0.05, 0.1) is 24.9 Å². The molecule has 0 unspecified atom stereocenters. The number of aliphatic hydroxyl groups excluding tert-OH is 1. The Morgan fingerprint density at radius 3 is 2.48 bits per heavy atom. The highest BCUT2D eigenvalue weighted by atomic mass is 16.3. The highest BCUT2D eigenvalue weighted by Crippen LogP contribution is 2.12. The predicted octanol–water partition coefficient (Wildman–Crippen LogP) is 2.66. The summed E-state index contributed by atoms with van der Waals surface area (Å²) in [6, 6.07) is 17.5. The second kappa shape index (κ2) is 7.77. The van der Waals surface area contributed by atoms with Crippen LogP contribution in [0.25, 0.3) is 0 Å². The summed E-state index contributed by atoms with van der Waals surface area (Å²) < 4.78 is 1.83. The molecule has 128 valence electrons. The fourth-order valence-corrected chi connectivity index (χ4v) is 2.74. The summed E-state index contributed by atoms with van der Waals surface area (Å²) in [5, 5.41) is 16.6. The molecule has 3 rings (SSSR count). The molecule has 0 radical (unpaired) electrons. The van der Waals surface area contributed by atoms with E-state index in [1.807, 2.05) is 66.2 Å². The molecule has 0 bridgehead atoms. The van der Waals surface area contributed by atoms with Gasteiger partial charge < -0.3 is 10.4 Å². The molecule has 1 heterocycles. The second-order valence-corrected chi connectivity index (χ2v) is 5.90. The van der Waals surface area contributed by atoms with Gasteiger partial charge in [-0.25, -0.2) is 0 Å². The van der Waals surface area contributed by atoms with Crippen LogP contribution in [0.15, 0.2) is 60.8 Å². The Morgan fingerprint density at radius 1 is 1.08 bits per heavy atom. The molecule has 0 aliphatic carbocycles. The molecule has 3 aromatic rings. The van der Waals surface area contributed by atoms with Crippen LogP contribution < -0.4 is 5.32 Å². The minimum atomic E-state index is -0.162. The zero-order chi connectivity index (χ0) is 17.6. The van der Waals surface area contributed by atoms with Crippen LogP contribution >= 0.6 is 0 Å². The summed E-state index contributed by atoms with van der Waals surface area (Å²) in [5.74, 6) is -0.162. The van der Waals surface area contributed by atoms with Gasteiger partial charge in [0.25, 0.3) is 5.91 Å². The van der Waals surface area contributed by atoms with Crippen LogP contribution in [0.5, 0.6) is 0 Å². The van der Waals surface area contributed by atoms with E-state index in [9.17, 15) is 9.90 Å². The molecule has 1 amide bonds. The van der Waals surface area contributed by atoms with Crippen LogP contribution in [0.4, 0.5) is 0 Å². The Kier molecular flexibility index (Phi) is 5.26. The van der Waals surface area contributed by atoms with E-state index in [0.29, 0.717) is 18.7 Å². The van der Waals surface area contributed by atoms with Crippen molar-refractivity contribution in [2.24, 2.45) is 0 Å². The van der Waals surface area contributed by atoms with Crippen molar-refractivity contribution in [2.75, 3.05) is 0 Å². The molecule has 2 N–H and O–H groups in total. The zero-order valence-electron chi connectivity index (χ0n) is 14.1. The Labute approximate surface area is 146 Å². The molecule has 0 aliphatic rings. The molecule has 25 heavy (non-hydrogen) atoms. The first kappa shape index (κ1) is 16.9. The average molecular weight is 335 g/mol. The molecule has 0 saturated carbocycles. The molecule has 0 aliphatic heterocycles. The minimum Gasteiger partial charge on any atom is -0.392 e. The van der Waals surface area contributed by atoms with E-state index in [4.69, 9.17) is 0 Å². The summed E-state index contributed by atoms with van der Waals surface area (Å²) >= 11 is 0. The number of rotatable bonds is 6. The number of nitrogens with zero attached hydrogens (tertiary/aromatic N) is 2. The summed E-state index contributed by atoms with van der Waals surface area (Å²) in [4.78, 5) is 12.5. The maximum absolute atomic E-state index is 12.5. The van der Waals surface area contributed by atoms with Crippen LogP contribution in [0.2, 0.25) is 0 Å². The SMILES string of the molecule is Cc1c(C(=O)NCc2ccccc2CO)cnn1Cc1ccccc1. The third-order valence-electron chi connectivity index (χ3n) is 4.25. The average Bonchev–Trinajstić information content (AvgIpc) is 3.01. The van der Waals surface area contributed by atoms with Gasteiger partial charge in [-0.05, 0) is 23.6 Å². The van der Waals surface area contributed by atoms with E-state index in [-0.39, 0.29) is 12.5 Å². The molecular formula is C20H21N3O2. The fraction of sp³-hybridized carbons (Fsp3) is 0.200. The van der Waals surface area contributed by atoms with E-state index in [0.717, 1.165) is 22.4 Å². The van der Waals surface area contributed by atoms with Crippen LogP contribution in [-0.2, 0) is 19.7 Å². The van der Waals surface area contributed by atoms with Gasteiger partial charge in [-0.3, -0.25) is 9.48 Å². The van der Waals surface area contributed by atoms with Crippen molar-refractivity contribution in [3.8, 4) is 0 Å². The Balaban J connectivity index is 1.69. The normalized spacial score (nSPS) is 10.6. The molecule has 2 aromatic carbocycles. The first-order chi connectivity index (χ1) is 12.2. The highest BCUT2D eigenvalue weighted by Gasteiger charge is 2.14. The van der Waals surface area contributed by atoms with Crippen molar-refractivity contribution in [1.82, 2.24) is 15.1 Å². The largest absolute Gasteiger partial charge is 0.392 e. The molecule has 0 spiro atoms. The Hall–Kier alpha value is -2.92. The van der Waals surface area contributed by atoms with Crippen molar-refractivity contribution in [1.29, 1.82) is 0 Å². The Bertz CT molecular complexity index is 856. The first-order valence-electron chi connectivity index (χ1n) is 8.21. The van der Waals surface area contributed by atoms with Crippen LogP contribution in [-0.4, -0.2) is 20.8 Å². The van der Waals surface area contributed by atoms with Crippen LogP contribution in [0, 0.1) is 6.92 Å². The number of hydrogen-bond acceptors (Lipinski definition) is 3. The number of aliphatic hydroxyl groups is 1. The molecular weight excluding hydrogens is 314 g/mol. The third-order valence-corrected chi connectivity index (χ3v) is 4.25. The van der Waals surface area contributed by atoms with Gasteiger partial charge in [-0.2, -0.15) is 5.10 Å². The molecule has 0 saturated heterocycles. The Morgan fingerprint density at radius 2 is 1.76 bits per heavy atom. The number of carbonyl (C=O) groups is 1. The molecule has 1 aromatic heterocycles. The lowest BCUT2D eigenvalue weighted by Crippen LogP contribution is -2.24. The number of nitrogens with one attached hydrogen (secondary N) is 1. The maximum atomic E-state index is 12.5. The van der Waals surface area contributed by atoms with Crippen LogP contribution in [0.3, 0.4) is 0 Å². The highest BCUT2D eigenvalue weighted by molar-refractivity contribution is 5.95.